The Balaban J connectivity index is 1.91. The van der Waals surface area contributed by atoms with Gasteiger partial charge in [-0.25, -0.2) is 4.98 Å². The maximum Gasteiger partial charge on any atom is 0.170 e. The molecule has 21 heavy (non-hydrogen) atoms. The van der Waals surface area contributed by atoms with E-state index in [2.05, 4.69) is 41.7 Å². The van der Waals surface area contributed by atoms with E-state index in [-0.39, 0.29) is 17.3 Å². The fraction of sp³-hybridized carbons (Fsp3) is 0.375. The lowest BCUT2D eigenvalue weighted by Crippen LogP contribution is -2.21. The number of ketones is 1. The van der Waals surface area contributed by atoms with Crippen LogP contribution in [0, 0.1) is 0 Å². The normalized spacial score (nSPS) is 18.3. The summed E-state index contributed by atoms with van der Waals surface area (Å²) in [5.74, 6) is 0.748. The van der Waals surface area contributed by atoms with Crippen LogP contribution in [0.3, 0.4) is 0 Å². The van der Waals surface area contributed by atoms with E-state index < -0.39 is 0 Å². The van der Waals surface area contributed by atoms with Crippen molar-refractivity contribution in [3.8, 4) is 5.75 Å². The molecule has 0 radical (unpaired) electrons. The predicted octanol–water partition coefficient (Wildman–Crippen LogP) is 4.91. The smallest absolute Gasteiger partial charge is 0.170 e. The summed E-state index contributed by atoms with van der Waals surface area (Å²) in [7, 11) is 0. The second-order valence-electron chi connectivity index (χ2n) is 6.20. The van der Waals surface area contributed by atoms with Gasteiger partial charge in [-0.05, 0) is 18.2 Å². The Hall–Kier alpha value is -1.20. The number of thiazole rings is 1. The van der Waals surface area contributed by atoms with E-state index in [0.29, 0.717) is 17.7 Å². The Morgan fingerprint density at radius 2 is 2.14 bits per heavy atom. The standard InChI is InChI=1S/C16H16BrNO2S/c1-16(2,3)15-18-11(8-21-15)14-7-12(19)10-6-9(17)4-5-13(10)20-14/h4-6,8,14H,7H2,1-3H3. The number of ether oxygens (including phenoxy) is 1. The summed E-state index contributed by atoms with van der Waals surface area (Å²) in [6.45, 7) is 6.40. The van der Waals surface area contributed by atoms with Crippen molar-refractivity contribution in [1.29, 1.82) is 0 Å². The number of hydrogen-bond acceptors (Lipinski definition) is 4. The minimum Gasteiger partial charge on any atom is -0.483 e. The SMILES string of the molecule is CC(C)(C)c1nc(C2CC(=O)c3cc(Br)ccc3O2)cs1. The van der Waals surface area contributed by atoms with Gasteiger partial charge in [-0.3, -0.25) is 4.79 Å². The molecule has 1 aromatic heterocycles. The second kappa shape index (κ2) is 5.21. The highest BCUT2D eigenvalue weighted by Crippen LogP contribution is 2.37. The molecule has 2 heterocycles. The molecule has 1 aliphatic rings. The van der Waals surface area contributed by atoms with Crippen LogP contribution in [0.2, 0.25) is 0 Å². The molecule has 0 aliphatic carbocycles. The molecule has 0 amide bonds. The average molecular weight is 366 g/mol. The minimum absolute atomic E-state index is 0.0182. The molecule has 0 bridgehead atoms. The maximum absolute atomic E-state index is 12.3. The Morgan fingerprint density at radius 1 is 1.38 bits per heavy atom. The number of hydrogen-bond donors (Lipinski definition) is 0. The molecule has 0 fully saturated rings. The molecule has 3 rings (SSSR count). The van der Waals surface area contributed by atoms with Gasteiger partial charge >= 0.3 is 0 Å². The second-order valence-corrected chi connectivity index (χ2v) is 7.98. The quantitative estimate of drug-likeness (QED) is 0.720. The molecule has 3 nitrogen and oxygen atoms in total. The van der Waals surface area contributed by atoms with Crippen LogP contribution in [0.15, 0.2) is 28.1 Å². The Kier molecular flexibility index (Phi) is 3.66. The van der Waals surface area contributed by atoms with Crippen molar-refractivity contribution in [3.63, 3.8) is 0 Å². The van der Waals surface area contributed by atoms with E-state index in [1.807, 2.05) is 23.6 Å². The zero-order chi connectivity index (χ0) is 15.2. The molecule has 110 valence electrons. The molecular formula is C16H16BrNO2S. The third-order valence-electron chi connectivity index (χ3n) is 3.38. The van der Waals surface area contributed by atoms with Crippen LogP contribution in [0.5, 0.6) is 5.75 Å². The van der Waals surface area contributed by atoms with Gasteiger partial charge in [-0.15, -0.1) is 11.3 Å². The lowest BCUT2D eigenvalue weighted by Gasteiger charge is -2.24. The Bertz CT molecular complexity index is 703. The number of benzene rings is 1. The van der Waals surface area contributed by atoms with E-state index in [4.69, 9.17) is 4.74 Å². The predicted molar refractivity (Wildman–Crippen MR) is 87.3 cm³/mol. The number of Topliss-reactive ketones (excluding diaryl/α,β-unsaturated/α-hetero) is 1. The summed E-state index contributed by atoms with van der Waals surface area (Å²) in [6, 6.07) is 5.53. The van der Waals surface area contributed by atoms with Crippen LogP contribution < -0.4 is 4.74 Å². The van der Waals surface area contributed by atoms with Crippen LogP contribution in [0.1, 0.15) is 54.4 Å². The topological polar surface area (TPSA) is 39.2 Å². The van der Waals surface area contributed by atoms with Gasteiger partial charge in [-0.2, -0.15) is 0 Å². The van der Waals surface area contributed by atoms with Gasteiger partial charge in [-0.1, -0.05) is 36.7 Å². The Labute approximate surface area is 136 Å². The monoisotopic (exact) mass is 365 g/mol. The van der Waals surface area contributed by atoms with Gasteiger partial charge in [0.1, 0.15) is 11.9 Å². The third kappa shape index (κ3) is 2.90. The number of carbonyl (C=O) groups excluding carboxylic acids is 1. The lowest BCUT2D eigenvalue weighted by atomic mass is 9.97. The summed E-state index contributed by atoms with van der Waals surface area (Å²) < 4.78 is 6.86. The highest BCUT2D eigenvalue weighted by Gasteiger charge is 2.30. The zero-order valence-corrected chi connectivity index (χ0v) is 14.5. The minimum atomic E-state index is -0.279. The Morgan fingerprint density at radius 3 is 2.81 bits per heavy atom. The highest BCUT2D eigenvalue weighted by molar-refractivity contribution is 9.10. The molecule has 1 unspecified atom stereocenters. The van der Waals surface area contributed by atoms with Crippen molar-refractivity contribution in [1.82, 2.24) is 4.98 Å². The van der Waals surface area contributed by atoms with Gasteiger partial charge in [0.2, 0.25) is 0 Å². The third-order valence-corrected chi connectivity index (χ3v) is 5.15. The van der Waals surface area contributed by atoms with Crippen LogP contribution >= 0.6 is 27.3 Å². The average Bonchev–Trinajstić information content (AvgIpc) is 2.89. The van der Waals surface area contributed by atoms with Gasteiger partial charge in [0.25, 0.3) is 0 Å². The van der Waals surface area contributed by atoms with E-state index in [1.54, 1.807) is 11.3 Å². The molecule has 0 spiro atoms. The maximum atomic E-state index is 12.3. The van der Waals surface area contributed by atoms with E-state index >= 15 is 0 Å². The first kappa shape index (κ1) is 14.7. The van der Waals surface area contributed by atoms with Crippen molar-refractivity contribution >= 4 is 33.0 Å². The van der Waals surface area contributed by atoms with Crippen molar-refractivity contribution in [2.75, 3.05) is 0 Å². The van der Waals surface area contributed by atoms with Gasteiger partial charge in [0.15, 0.2) is 5.78 Å². The number of nitrogens with zero attached hydrogens (tertiary/aromatic N) is 1. The fourth-order valence-electron chi connectivity index (χ4n) is 2.24. The van der Waals surface area contributed by atoms with Crippen LogP contribution in [0.25, 0.3) is 0 Å². The number of aromatic nitrogens is 1. The van der Waals surface area contributed by atoms with Crippen LogP contribution in [-0.4, -0.2) is 10.8 Å². The molecule has 2 aromatic rings. The highest BCUT2D eigenvalue weighted by atomic mass is 79.9. The van der Waals surface area contributed by atoms with Crippen LogP contribution in [-0.2, 0) is 5.41 Å². The first-order valence-electron chi connectivity index (χ1n) is 6.80. The summed E-state index contributed by atoms with van der Waals surface area (Å²) >= 11 is 5.01. The van der Waals surface area contributed by atoms with E-state index in [0.717, 1.165) is 15.2 Å². The number of carbonyl (C=O) groups is 1. The lowest BCUT2D eigenvalue weighted by molar-refractivity contribution is 0.0845. The van der Waals surface area contributed by atoms with Crippen molar-refractivity contribution < 1.29 is 9.53 Å². The van der Waals surface area contributed by atoms with E-state index in [1.165, 1.54) is 0 Å². The zero-order valence-electron chi connectivity index (χ0n) is 12.1. The summed E-state index contributed by atoms with van der Waals surface area (Å²) in [6.07, 6.45) is 0.0649. The van der Waals surface area contributed by atoms with Crippen molar-refractivity contribution in [2.45, 2.75) is 38.7 Å². The molecular weight excluding hydrogens is 350 g/mol. The fourth-order valence-corrected chi connectivity index (χ4v) is 3.55. The van der Waals surface area contributed by atoms with Crippen molar-refractivity contribution in [2.24, 2.45) is 0 Å². The molecule has 5 heteroatoms. The van der Waals surface area contributed by atoms with Gasteiger partial charge < -0.3 is 4.74 Å². The first-order chi connectivity index (χ1) is 9.84. The molecule has 0 N–H and O–H groups in total. The van der Waals surface area contributed by atoms with Crippen LogP contribution in [0.4, 0.5) is 0 Å². The summed E-state index contributed by atoms with van der Waals surface area (Å²) in [5.41, 5.74) is 1.52. The molecule has 1 atom stereocenters. The number of halogens is 1. The molecule has 0 saturated heterocycles. The summed E-state index contributed by atoms with van der Waals surface area (Å²) in [4.78, 5) is 17.0. The summed E-state index contributed by atoms with van der Waals surface area (Å²) in [5, 5.41) is 3.07. The van der Waals surface area contributed by atoms with Gasteiger partial charge in [0.05, 0.1) is 22.7 Å². The number of fused-ring (bicyclic) bond motifs is 1. The molecule has 1 aliphatic heterocycles. The van der Waals surface area contributed by atoms with Crippen molar-refractivity contribution in [3.05, 3.63) is 44.3 Å². The largest absolute Gasteiger partial charge is 0.483 e. The number of rotatable bonds is 1. The first-order valence-corrected chi connectivity index (χ1v) is 8.47. The van der Waals surface area contributed by atoms with E-state index in [9.17, 15) is 4.79 Å². The molecule has 1 aromatic carbocycles. The van der Waals surface area contributed by atoms with Gasteiger partial charge in [0, 0.05) is 15.3 Å². The molecule has 0 saturated carbocycles.